The van der Waals surface area contributed by atoms with Gasteiger partial charge in [-0.15, -0.1) is 0 Å². The number of rotatable bonds is 4. The highest BCUT2D eigenvalue weighted by Gasteiger charge is 2.25. The summed E-state index contributed by atoms with van der Waals surface area (Å²) < 4.78 is 1.83. The fourth-order valence-corrected chi connectivity index (χ4v) is 3.15. The van der Waals surface area contributed by atoms with Crippen LogP contribution in [-0.2, 0) is 13.0 Å². The number of aryl methyl sites for hydroxylation is 2. The Morgan fingerprint density at radius 1 is 1.36 bits per heavy atom. The van der Waals surface area contributed by atoms with Crippen LogP contribution in [0.5, 0.6) is 0 Å². The number of fused-ring (bicyclic) bond motifs is 1. The summed E-state index contributed by atoms with van der Waals surface area (Å²) in [6, 6.07) is 7.77. The Morgan fingerprint density at radius 2 is 2.14 bits per heavy atom. The molecule has 1 aliphatic rings. The second kappa shape index (κ2) is 6.09. The van der Waals surface area contributed by atoms with Crippen molar-refractivity contribution in [2.45, 2.75) is 39.7 Å². The number of Topliss-reactive ketones (excluding diaryl/α,β-unsaturated/α-hetero) is 1. The molecule has 3 rings (SSSR count). The Balaban J connectivity index is 1.94. The van der Waals surface area contributed by atoms with Gasteiger partial charge in [-0.25, -0.2) is 0 Å². The number of aromatic nitrogens is 2. The molecule has 3 nitrogen and oxygen atoms in total. The van der Waals surface area contributed by atoms with E-state index in [1.165, 1.54) is 0 Å². The number of unbranched alkanes of at least 4 members (excludes halogenated alkanes) is 1. The third-order valence-electron chi connectivity index (χ3n) is 4.09. The van der Waals surface area contributed by atoms with E-state index >= 15 is 0 Å². The van der Waals surface area contributed by atoms with Crippen LogP contribution in [0, 0.1) is 6.92 Å². The summed E-state index contributed by atoms with van der Waals surface area (Å²) in [5.41, 5.74) is 4.43. The predicted octanol–water partition coefficient (Wildman–Crippen LogP) is 4.47. The van der Waals surface area contributed by atoms with Gasteiger partial charge in [-0.1, -0.05) is 49.2 Å². The van der Waals surface area contributed by atoms with E-state index in [4.69, 9.17) is 11.6 Å². The summed E-state index contributed by atoms with van der Waals surface area (Å²) in [6.45, 7) is 4.89. The lowest BCUT2D eigenvalue weighted by atomic mass is 10.1. The minimum Gasteiger partial charge on any atom is -0.289 e. The number of benzene rings is 1. The molecule has 1 heterocycles. The Kier molecular flexibility index (Phi) is 4.16. The minimum atomic E-state index is 0.104. The molecule has 0 radical (unpaired) electrons. The lowest BCUT2D eigenvalue weighted by molar-refractivity contribution is 0.104. The lowest BCUT2D eigenvalue weighted by Crippen LogP contribution is -2.00. The number of hydrogen-bond acceptors (Lipinski definition) is 2. The molecule has 114 valence electrons. The van der Waals surface area contributed by atoms with Crippen LogP contribution in [0.3, 0.4) is 0 Å². The number of hydrogen-bond donors (Lipinski definition) is 0. The molecular weight excluding hydrogens is 296 g/mol. The van der Waals surface area contributed by atoms with Crippen molar-refractivity contribution >= 4 is 23.5 Å². The molecule has 4 heteroatoms. The highest BCUT2D eigenvalue weighted by atomic mass is 35.5. The number of allylic oxidation sites excluding steroid dienone is 1. The van der Waals surface area contributed by atoms with Gasteiger partial charge in [0.05, 0.1) is 5.69 Å². The SMILES string of the molecule is CCCCn1nc(C)c(/C=C2\Cc3ccccc3C2=O)c1Cl. The molecule has 1 aromatic heterocycles. The van der Waals surface area contributed by atoms with Crippen LogP contribution >= 0.6 is 11.6 Å². The van der Waals surface area contributed by atoms with Gasteiger partial charge in [0.25, 0.3) is 0 Å². The molecule has 0 saturated heterocycles. The van der Waals surface area contributed by atoms with Gasteiger partial charge in [0.2, 0.25) is 0 Å². The molecule has 1 aromatic carbocycles. The van der Waals surface area contributed by atoms with Gasteiger partial charge in [-0.3, -0.25) is 9.48 Å². The van der Waals surface area contributed by atoms with Crippen LogP contribution in [0.4, 0.5) is 0 Å². The van der Waals surface area contributed by atoms with Crippen LogP contribution in [0.2, 0.25) is 5.15 Å². The van der Waals surface area contributed by atoms with E-state index in [2.05, 4.69) is 12.0 Å². The topological polar surface area (TPSA) is 34.9 Å². The number of halogens is 1. The van der Waals surface area contributed by atoms with Crippen LogP contribution in [-0.4, -0.2) is 15.6 Å². The van der Waals surface area contributed by atoms with Crippen molar-refractivity contribution < 1.29 is 4.79 Å². The van der Waals surface area contributed by atoms with Crippen molar-refractivity contribution in [1.29, 1.82) is 0 Å². The van der Waals surface area contributed by atoms with E-state index in [0.29, 0.717) is 11.6 Å². The molecular formula is C18H19ClN2O. The van der Waals surface area contributed by atoms with Crippen LogP contribution in [0.15, 0.2) is 29.8 Å². The Bertz CT molecular complexity index is 758. The largest absolute Gasteiger partial charge is 0.289 e. The van der Waals surface area contributed by atoms with E-state index in [1.54, 1.807) is 0 Å². The molecule has 0 bridgehead atoms. The van der Waals surface area contributed by atoms with Crippen molar-refractivity contribution in [3.8, 4) is 0 Å². The molecule has 0 aliphatic heterocycles. The molecule has 0 atom stereocenters. The van der Waals surface area contributed by atoms with Crippen molar-refractivity contribution in [3.05, 3.63) is 57.4 Å². The van der Waals surface area contributed by atoms with E-state index < -0.39 is 0 Å². The summed E-state index contributed by atoms with van der Waals surface area (Å²) in [4.78, 5) is 12.5. The summed E-state index contributed by atoms with van der Waals surface area (Å²) in [6.07, 6.45) is 4.72. The van der Waals surface area contributed by atoms with Gasteiger partial charge in [-0.05, 0) is 25.0 Å². The first-order valence-electron chi connectivity index (χ1n) is 7.68. The summed E-state index contributed by atoms with van der Waals surface area (Å²) >= 11 is 6.45. The van der Waals surface area contributed by atoms with Crippen LogP contribution in [0.25, 0.3) is 6.08 Å². The molecule has 0 saturated carbocycles. The maximum Gasteiger partial charge on any atom is 0.189 e. The van der Waals surface area contributed by atoms with Crippen molar-refractivity contribution in [3.63, 3.8) is 0 Å². The second-order valence-corrected chi connectivity index (χ2v) is 6.06. The predicted molar refractivity (Wildman–Crippen MR) is 89.3 cm³/mol. The lowest BCUT2D eigenvalue weighted by Gasteiger charge is -2.01. The molecule has 0 unspecified atom stereocenters. The fourth-order valence-electron chi connectivity index (χ4n) is 2.83. The number of nitrogens with zero attached hydrogens (tertiary/aromatic N) is 2. The van der Waals surface area contributed by atoms with Gasteiger partial charge in [0.15, 0.2) is 5.78 Å². The van der Waals surface area contributed by atoms with Gasteiger partial charge in [-0.2, -0.15) is 5.10 Å². The molecule has 22 heavy (non-hydrogen) atoms. The fraction of sp³-hybridized carbons (Fsp3) is 0.333. The first-order valence-corrected chi connectivity index (χ1v) is 8.05. The van der Waals surface area contributed by atoms with Gasteiger partial charge in [0, 0.05) is 29.7 Å². The molecule has 0 N–H and O–H groups in total. The Labute approximate surface area is 135 Å². The second-order valence-electron chi connectivity index (χ2n) is 5.70. The maximum absolute atomic E-state index is 12.5. The normalized spacial score (nSPS) is 15.6. The summed E-state index contributed by atoms with van der Waals surface area (Å²) in [7, 11) is 0. The van der Waals surface area contributed by atoms with Crippen LogP contribution < -0.4 is 0 Å². The average Bonchev–Trinajstić information content (AvgIpc) is 2.97. The average molecular weight is 315 g/mol. The zero-order chi connectivity index (χ0) is 15.7. The third kappa shape index (κ3) is 2.61. The number of carbonyl (C=O) groups is 1. The Morgan fingerprint density at radius 3 is 2.86 bits per heavy atom. The van der Waals surface area contributed by atoms with Gasteiger partial charge < -0.3 is 0 Å². The monoisotopic (exact) mass is 314 g/mol. The quantitative estimate of drug-likeness (QED) is 0.780. The van der Waals surface area contributed by atoms with E-state index in [1.807, 2.05) is 41.9 Å². The molecule has 1 aliphatic carbocycles. The summed E-state index contributed by atoms with van der Waals surface area (Å²) in [5, 5.41) is 5.12. The minimum absolute atomic E-state index is 0.104. The van der Waals surface area contributed by atoms with Crippen LogP contribution in [0.1, 0.15) is 46.9 Å². The standard InChI is InChI=1S/C18H19ClN2O/c1-3-4-9-21-18(19)16(12(2)20-21)11-14-10-13-7-5-6-8-15(13)17(14)22/h5-8,11H,3-4,9-10H2,1-2H3/b14-11+. The van der Waals surface area contributed by atoms with E-state index in [9.17, 15) is 4.79 Å². The number of ketones is 1. The maximum atomic E-state index is 12.5. The van der Waals surface area contributed by atoms with Crippen molar-refractivity contribution in [1.82, 2.24) is 9.78 Å². The van der Waals surface area contributed by atoms with Crippen molar-refractivity contribution in [2.24, 2.45) is 0 Å². The first kappa shape index (κ1) is 15.0. The van der Waals surface area contributed by atoms with Gasteiger partial charge in [0.1, 0.15) is 5.15 Å². The summed E-state index contributed by atoms with van der Waals surface area (Å²) in [5.74, 6) is 0.104. The highest BCUT2D eigenvalue weighted by Crippen LogP contribution is 2.30. The van der Waals surface area contributed by atoms with Crippen molar-refractivity contribution in [2.75, 3.05) is 0 Å². The molecule has 0 spiro atoms. The first-order chi connectivity index (χ1) is 10.6. The van der Waals surface area contributed by atoms with Gasteiger partial charge >= 0.3 is 0 Å². The smallest absolute Gasteiger partial charge is 0.189 e. The zero-order valence-electron chi connectivity index (χ0n) is 12.9. The zero-order valence-corrected chi connectivity index (χ0v) is 13.7. The third-order valence-corrected chi connectivity index (χ3v) is 4.48. The number of carbonyl (C=O) groups excluding carboxylic acids is 1. The molecule has 0 fully saturated rings. The Hall–Kier alpha value is -1.87. The van der Waals surface area contributed by atoms with E-state index in [-0.39, 0.29) is 5.78 Å². The highest BCUT2D eigenvalue weighted by molar-refractivity contribution is 6.31. The van der Waals surface area contributed by atoms with E-state index in [0.717, 1.165) is 47.3 Å². The molecule has 2 aromatic rings. The molecule has 0 amide bonds.